The van der Waals surface area contributed by atoms with E-state index in [-0.39, 0.29) is 6.29 Å². The highest BCUT2D eigenvalue weighted by Crippen LogP contribution is 2.47. The number of hydrogen-bond acceptors (Lipinski definition) is 6. The molecule has 8 nitrogen and oxygen atoms in total. The van der Waals surface area contributed by atoms with Crippen molar-refractivity contribution < 1.29 is 18.9 Å². The van der Waals surface area contributed by atoms with Crippen LogP contribution in [0.5, 0.6) is 0 Å². The zero-order valence-electron chi connectivity index (χ0n) is 15.0. The van der Waals surface area contributed by atoms with E-state index in [4.69, 9.17) is 4.89 Å². The van der Waals surface area contributed by atoms with Crippen LogP contribution >= 0.6 is 15.4 Å². The van der Waals surface area contributed by atoms with Crippen molar-refractivity contribution in [3.63, 3.8) is 0 Å². The van der Waals surface area contributed by atoms with Gasteiger partial charge in [0.1, 0.15) is 5.90 Å². The minimum atomic E-state index is -3.58. The highest BCUT2D eigenvalue weighted by atomic mass is 31.2. The predicted octanol–water partition coefficient (Wildman–Crippen LogP) is 0.188. The molecular formula is C14H34N4O4P2. The van der Waals surface area contributed by atoms with Crippen LogP contribution in [0.25, 0.3) is 0 Å². The van der Waals surface area contributed by atoms with Gasteiger partial charge in [0.25, 0.3) is 0 Å². The Morgan fingerprint density at radius 3 is 2.38 bits per heavy atom. The minimum Gasteiger partial charge on any atom is -0.346 e. The van der Waals surface area contributed by atoms with Gasteiger partial charge >= 0.3 is 0 Å². The second kappa shape index (κ2) is 11.8. The molecular weight excluding hydrogens is 350 g/mol. The topological polar surface area (TPSA) is 96.3 Å². The molecule has 0 bridgehead atoms. The molecule has 0 radical (unpaired) electrons. The zero-order valence-corrected chi connectivity index (χ0v) is 16.9. The van der Waals surface area contributed by atoms with E-state index in [0.29, 0.717) is 6.54 Å². The van der Waals surface area contributed by atoms with Crippen molar-refractivity contribution in [2.24, 2.45) is 0 Å². The average molecular weight is 384 g/mol. The Hall–Kier alpha value is 0.220. The fourth-order valence-electron chi connectivity index (χ4n) is 2.80. The molecule has 0 saturated carbocycles. The Morgan fingerprint density at radius 1 is 1.00 bits per heavy atom. The van der Waals surface area contributed by atoms with E-state index in [9.17, 15) is 14.0 Å². The van der Waals surface area contributed by atoms with Crippen molar-refractivity contribution >= 4 is 15.4 Å². The summed E-state index contributed by atoms with van der Waals surface area (Å²) in [5, 5.41) is 3.45. The standard InChI is InChI=1S/C14H34N4O4P2/c1-16-8-4-9-18(13-24(21,22)14-23(19)20)12-11-17(2)7-3-5-15-6-10-16/h15,23H,3-14H2,1-2H3,(H,19,20)(H,21,22). The molecule has 0 aromatic carbocycles. The maximum Gasteiger partial charge on any atom is 0.223 e. The van der Waals surface area contributed by atoms with Crippen molar-refractivity contribution in [2.45, 2.75) is 12.8 Å². The normalized spacial score (nSPS) is 25.7. The van der Waals surface area contributed by atoms with Crippen LogP contribution < -0.4 is 5.32 Å². The van der Waals surface area contributed by atoms with Crippen LogP contribution in [0.1, 0.15) is 12.8 Å². The Morgan fingerprint density at radius 2 is 1.67 bits per heavy atom. The summed E-state index contributed by atoms with van der Waals surface area (Å²) in [7, 11) is -2.36. The third-order valence-corrected chi connectivity index (χ3v) is 8.08. The van der Waals surface area contributed by atoms with Gasteiger partial charge in [0, 0.05) is 26.2 Å². The number of likely N-dealkylation sites (N-methyl/N-ethyl adjacent to an activating group) is 2. The molecule has 10 heteroatoms. The molecule has 1 saturated heterocycles. The maximum atomic E-state index is 12.2. The Bertz CT molecular complexity index is 428. The monoisotopic (exact) mass is 384 g/mol. The summed E-state index contributed by atoms with van der Waals surface area (Å²) in [4.78, 5) is 25.4. The van der Waals surface area contributed by atoms with E-state index in [1.54, 1.807) is 0 Å². The van der Waals surface area contributed by atoms with Crippen LogP contribution in [-0.2, 0) is 9.13 Å². The van der Waals surface area contributed by atoms with E-state index in [2.05, 4.69) is 29.2 Å². The number of rotatable bonds is 4. The second-order valence-corrected chi connectivity index (χ2v) is 10.7. The van der Waals surface area contributed by atoms with Gasteiger partial charge in [-0.3, -0.25) is 14.0 Å². The molecule has 0 spiro atoms. The smallest absolute Gasteiger partial charge is 0.223 e. The van der Waals surface area contributed by atoms with Crippen LogP contribution in [0.3, 0.4) is 0 Å². The van der Waals surface area contributed by atoms with E-state index in [0.717, 1.165) is 58.7 Å². The summed E-state index contributed by atoms with van der Waals surface area (Å²) >= 11 is 0. The third kappa shape index (κ3) is 11.0. The highest BCUT2D eigenvalue weighted by Gasteiger charge is 2.24. The van der Waals surface area contributed by atoms with Gasteiger partial charge in [-0.15, -0.1) is 0 Å². The summed E-state index contributed by atoms with van der Waals surface area (Å²) in [6.45, 7) is 7.12. The van der Waals surface area contributed by atoms with Crippen LogP contribution in [0.2, 0.25) is 0 Å². The van der Waals surface area contributed by atoms with Crippen molar-refractivity contribution in [3.05, 3.63) is 0 Å². The molecule has 0 amide bonds. The summed E-state index contributed by atoms with van der Waals surface area (Å²) in [6.07, 6.45) is 1.99. The largest absolute Gasteiger partial charge is 0.346 e. The molecule has 1 aliphatic heterocycles. The molecule has 1 aliphatic rings. The highest BCUT2D eigenvalue weighted by molar-refractivity contribution is 7.68. The molecule has 1 fully saturated rings. The number of nitrogens with one attached hydrogen (secondary N) is 1. The first-order valence-electron chi connectivity index (χ1n) is 8.61. The molecule has 0 aromatic heterocycles. The lowest BCUT2D eigenvalue weighted by Crippen LogP contribution is -2.38. The summed E-state index contributed by atoms with van der Waals surface area (Å²) in [5.74, 6) is -0.477. The van der Waals surface area contributed by atoms with Gasteiger partial charge in [0.15, 0.2) is 8.03 Å². The van der Waals surface area contributed by atoms with E-state index >= 15 is 0 Å². The molecule has 144 valence electrons. The Balaban J connectivity index is 2.60. The average Bonchev–Trinajstić information content (AvgIpc) is 2.45. The molecule has 0 aliphatic carbocycles. The van der Waals surface area contributed by atoms with Crippen molar-refractivity contribution in [1.29, 1.82) is 0 Å². The van der Waals surface area contributed by atoms with Gasteiger partial charge in [-0.2, -0.15) is 0 Å². The first-order valence-corrected chi connectivity index (χ1v) is 12.2. The van der Waals surface area contributed by atoms with E-state index < -0.39 is 21.3 Å². The van der Waals surface area contributed by atoms with Crippen molar-refractivity contribution in [1.82, 2.24) is 20.0 Å². The predicted molar refractivity (Wildman–Crippen MR) is 99.5 cm³/mol. The van der Waals surface area contributed by atoms with Crippen LogP contribution in [0.15, 0.2) is 0 Å². The summed E-state index contributed by atoms with van der Waals surface area (Å²) in [6, 6.07) is 0. The Kier molecular flexibility index (Phi) is 10.9. The molecule has 24 heavy (non-hydrogen) atoms. The zero-order chi connectivity index (χ0) is 18.0. The molecule has 2 unspecified atom stereocenters. The van der Waals surface area contributed by atoms with Crippen molar-refractivity contribution in [3.8, 4) is 0 Å². The lowest BCUT2D eigenvalue weighted by Gasteiger charge is -2.28. The SMILES string of the molecule is CN1CCCN(CP(=O)(O)C[PH](=O)O)CCN(C)CCCNCC1. The van der Waals surface area contributed by atoms with E-state index in [1.807, 2.05) is 4.90 Å². The van der Waals surface area contributed by atoms with Gasteiger partial charge in [-0.05, 0) is 53.1 Å². The van der Waals surface area contributed by atoms with Gasteiger partial charge < -0.3 is 24.9 Å². The van der Waals surface area contributed by atoms with Gasteiger partial charge in [0.05, 0.1) is 6.29 Å². The number of hydrogen-bond donors (Lipinski definition) is 3. The minimum absolute atomic E-state index is 0.00305. The first kappa shape index (κ1) is 22.3. The molecule has 1 rings (SSSR count). The lowest BCUT2D eigenvalue weighted by molar-refractivity contribution is 0.222. The van der Waals surface area contributed by atoms with Gasteiger partial charge in [-0.25, -0.2) is 0 Å². The first-order chi connectivity index (χ1) is 11.3. The lowest BCUT2D eigenvalue weighted by atomic mass is 10.3. The van der Waals surface area contributed by atoms with Gasteiger partial charge in [0.2, 0.25) is 7.37 Å². The van der Waals surface area contributed by atoms with Gasteiger partial charge in [-0.1, -0.05) is 0 Å². The van der Waals surface area contributed by atoms with Crippen LogP contribution in [0, 0.1) is 0 Å². The summed E-state index contributed by atoms with van der Waals surface area (Å²) < 4.78 is 23.1. The second-order valence-electron chi connectivity index (χ2n) is 6.72. The molecule has 1 heterocycles. The van der Waals surface area contributed by atoms with E-state index in [1.165, 1.54) is 0 Å². The fraction of sp³-hybridized carbons (Fsp3) is 1.00. The maximum absolute atomic E-state index is 12.2. The number of nitrogens with zero attached hydrogens (tertiary/aromatic N) is 3. The van der Waals surface area contributed by atoms with Crippen LogP contribution in [0.4, 0.5) is 0 Å². The quantitative estimate of drug-likeness (QED) is 0.591. The Labute approximate surface area is 146 Å². The van der Waals surface area contributed by atoms with Crippen LogP contribution in [-0.4, -0.2) is 103 Å². The molecule has 0 aromatic rings. The molecule has 3 N–H and O–H groups in total. The van der Waals surface area contributed by atoms with Crippen molar-refractivity contribution in [2.75, 3.05) is 78.6 Å². The fourth-order valence-corrected chi connectivity index (χ4v) is 5.79. The summed E-state index contributed by atoms with van der Waals surface area (Å²) in [5.41, 5.74) is 0. The molecule has 2 atom stereocenters. The third-order valence-electron chi connectivity index (χ3n) is 4.18.